The Bertz CT molecular complexity index is 505. The molecular formula is C18H28N2O3. The second-order valence-electron chi connectivity index (χ2n) is 6.63. The van der Waals surface area contributed by atoms with Crippen molar-refractivity contribution in [3.05, 3.63) is 24.3 Å². The van der Waals surface area contributed by atoms with E-state index in [0.717, 1.165) is 37.2 Å². The Balaban J connectivity index is 1.88. The molecule has 2 amide bonds. The van der Waals surface area contributed by atoms with Crippen LogP contribution in [0.3, 0.4) is 0 Å². The van der Waals surface area contributed by atoms with Gasteiger partial charge in [-0.3, -0.25) is 0 Å². The number of hydrogen-bond acceptors (Lipinski definition) is 3. The fourth-order valence-corrected chi connectivity index (χ4v) is 2.68. The number of anilines is 1. The Morgan fingerprint density at radius 1 is 1.48 bits per heavy atom. The van der Waals surface area contributed by atoms with Crippen molar-refractivity contribution in [2.24, 2.45) is 11.8 Å². The maximum Gasteiger partial charge on any atom is 0.321 e. The minimum absolute atomic E-state index is 0.109. The molecule has 0 aromatic heterocycles. The Labute approximate surface area is 138 Å². The molecule has 23 heavy (non-hydrogen) atoms. The predicted octanol–water partition coefficient (Wildman–Crippen LogP) is 3.35. The van der Waals surface area contributed by atoms with Gasteiger partial charge in [-0.1, -0.05) is 19.9 Å². The van der Waals surface area contributed by atoms with Crippen molar-refractivity contribution in [3.8, 4) is 5.75 Å². The number of piperidine rings is 1. The number of likely N-dealkylation sites (tertiary alicyclic amines) is 1. The SMILES string of the molecule is CC(C)CCOc1cccc(NC(=O)N2CCCC(CO)C2)c1. The quantitative estimate of drug-likeness (QED) is 0.845. The summed E-state index contributed by atoms with van der Waals surface area (Å²) in [6, 6.07) is 7.39. The number of amides is 2. The van der Waals surface area contributed by atoms with Crippen LogP contribution in [0, 0.1) is 11.8 Å². The normalized spacial score (nSPS) is 18.1. The first-order valence-corrected chi connectivity index (χ1v) is 8.48. The van der Waals surface area contributed by atoms with Crippen LogP contribution < -0.4 is 10.1 Å². The monoisotopic (exact) mass is 320 g/mol. The Morgan fingerprint density at radius 2 is 2.30 bits per heavy atom. The maximum absolute atomic E-state index is 12.3. The van der Waals surface area contributed by atoms with E-state index in [1.54, 1.807) is 4.90 Å². The molecule has 1 aliphatic rings. The summed E-state index contributed by atoms with van der Waals surface area (Å²) in [7, 11) is 0. The van der Waals surface area contributed by atoms with Gasteiger partial charge in [-0.25, -0.2) is 4.79 Å². The average molecular weight is 320 g/mol. The Morgan fingerprint density at radius 3 is 3.04 bits per heavy atom. The number of carbonyl (C=O) groups excluding carboxylic acids is 1. The van der Waals surface area contributed by atoms with E-state index in [2.05, 4.69) is 19.2 Å². The summed E-state index contributed by atoms with van der Waals surface area (Å²) in [5.74, 6) is 1.58. The summed E-state index contributed by atoms with van der Waals surface area (Å²) in [6.07, 6.45) is 2.93. The molecule has 1 aromatic rings. The molecule has 1 heterocycles. The minimum atomic E-state index is -0.109. The molecule has 1 atom stereocenters. The number of ether oxygens (including phenoxy) is 1. The molecule has 0 saturated carbocycles. The van der Waals surface area contributed by atoms with Gasteiger partial charge in [0.05, 0.1) is 6.61 Å². The largest absolute Gasteiger partial charge is 0.494 e. The molecule has 0 bridgehead atoms. The Kier molecular flexibility index (Phi) is 6.71. The third-order valence-electron chi connectivity index (χ3n) is 4.11. The van der Waals surface area contributed by atoms with Crippen LogP contribution in [-0.2, 0) is 0 Å². The van der Waals surface area contributed by atoms with Gasteiger partial charge in [-0.2, -0.15) is 0 Å². The van der Waals surface area contributed by atoms with Gasteiger partial charge in [0, 0.05) is 31.5 Å². The highest BCUT2D eigenvalue weighted by atomic mass is 16.5. The molecule has 5 heteroatoms. The molecule has 0 radical (unpaired) electrons. The molecule has 1 aromatic carbocycles. The summed E-state index contributed by atoms with van der Waals surface area (Å²) in [4.78, 5) is 14.1. The van der Waals surface area contributed by atoms with E-state index in [9.17, 15) is 9.90 Å². The van der Waals surface area contributed by atoms with Crippen LogP contribution in [0.2, 0.25) is 0 Å². The van der Waals surface area contributed by atoms with Crippen LogP contribution in [0.25, 0.3) is 0 Å². The second-order valence-corrected chi connectivity index (χ2v) is 6.63. The van der Waals surface area contributed by atoms with Crippen LogP contribution in [0.15, 0.2) is 24.3 Å². The standard InChI is InChI=1S/C18H28N2O3/c1-14(2)8-10-23-17-7-3-6-16(11-17)19-18(22)20-9-4-5-15(12-20)13-21/h3,6-7,11,14-15,21H,4-5,8-10,12-13H2,1-2H3,(H,19,22). The molecule has 1 unspecified atom stereocenters. The van der Waals surface area contributed by atoms with Crippen LogP contribution in [0.1, 0.15) is 33.1 Å². The lowest BCUT2D eigenvalue weighted by atomic mass is 9.99. The predicted molar refractivity (Wildman–Crippen MR) is 91.8 cm³/mol. The van der Waals surface area contributed by atoms with E-state index in [1.807, 2.05) is 24.3 Å². The first kappa shape index (κ1) is 17.6. The third kappa shape index (κ3) is 5.75. The van der Waals surface area contributed by atoms with Crippen molar-refractivity contribution < 1.29 is 14.6 Å². The molecule has 0 spiro atoms. The smallest absolute Gasteiger partial charge is 0.321 e. The van der Waals surface area contributed by atoms with E-state index >= 15 is 0 Å². The molecule has 2 N–H and O–H groups in total. The van der Waals surface area contributed by atoms with E-state index in [1.165, 1.54) is 0 Å². The van der Waals surface area contributed by atoms with Gasteiger partial charge < -0.3 is 20.1 Å². The topological polar surface area (TPSA) is 61.8 Å². The lowest BCUT2D eigenvalue weighted by Crippen LogP contribution is -2.43. The molecular weight excluding hydrogens is 292 g/mol. The maximum atomic E-state index is 12.3. The van der Waals surface area contributed by atoms with Gasteiger partial charge in [0.15, 0.2) is 0 Å². The van der Waals surface area contributed by atoms with Crippen molar-refractivity contribution in [1.82, 2.24) is 4.90 Å². The molecule has 1 fully saturated rings. The number of hydrogen-bond donors (Lipinski definition) is 2. The highest BCUT2D eigenvalue weighted by Crippen LogP contribution is 2.20. The number of rotatable bonds is 6. The van der Waals surface area contributed by atoms with Crippen molar-refractivity contribution in [1.29, 1.82) is 0 Å². The van der Waals surface area contributed by atoms with Gasteiger partial charge in [-0.05, 0) is 43.2 Å². The summed E-state index contributed by atoms with van der Waals surface area (Å²) in [5, 5.41) is 12.2. The van der Waals surface area contributed by atoms with Crippen molar-refractivity contribution >= 4 is 11.7 Å². The van der Waals surface area contributed by atoms with Gasteiger partial charge >= 0.3 is 6.03 Å². The zero-order valence-electron chi connectivity index (χ0n) is 14.1. The van der Waals surface area contributed by atoms with Gasteiger partial charge in [-0.15, -0.1) is 0 Å². The lowest BCUT2D eigenvalue weighted by molar-refractivity contribution is 0.136. The van der Waals surface area contributed by atoms with Gasteiger partial charge in [0.1, 0.15) is 5.75 Å². The third-order valence-corrected chi connectivity index (χ3v) is 4.11. The molecule has 1 saturated heterocycles. The first-order chi connectivity index (χ1) is 11.1. The molecule has 0 aliphatic carbocycles. The number of nitrogens with one attached hydrogen (secondary N) is 1. The van der Waals surface area contributed by atoms with Crippen LogP contribution in [0.5, 0.6) is 5.75 Å². The summed E-state index contributed by atoms with van der Waals surface area (Å²) < 4.78 is 5.72. The molecule has 128 valence electrons. The number of aliphatic hydroxyl groups is 1. The zero-order chi connectivity index (χ0) is 16.7. The number of nitrogens with zero attached hydrogens (tertiary/aromatic N) is 1. The van der Waals surface area contributed by atoms with Crippen molar-refractivity contribution in [2.75, 3.05) is 31.6 Å². The first-order valence-electron chi connectivity index (χ1n) is 8.48. The van der Waals surface area contributed by atoms with Crippen molar-refractivity contribution in [2.45, 2.75) is 33.1 Å². The van der Waals surface area contributed by atoms with E-state index in [-0.39, 0.29) is 18.6 Å². The fourth-order valence-electron chi connectivity index (χ4n) is 2.68. The molecule has 5 nitrogen and oxygen atoms in total. The van der Waals surface area contributed by atoms with E-state index in [4.69, 9.17) is 4.74 Å². The highest BCUT2D eigenvalue weighted by molar-refractivity contribution is 5.89. The highest BCUT2D eigenvalue weighted by Gasteiger charge is 2.23. The summed E-state index contributed by atoms with van der Waals surface area (Å²) in [6.45, 7) is 6.51. The fraction of sp³-hybridized carbons (Fsp3) is 0.611. The summed E-state index contributed by atoms with van der Waals surface area (Å²) >= 11 is 0. The van der Waals surface area contributed by atoms with E-state index in [0.29, 0.717) is 19.1 Å². The number of carbonyl (C=O) groups is 1. The van der Waals surface area contributed by atoms with E-state index < -0.39 is 0 Å². The van der Waals surface area contributed by atoms with Gasteiger partial charge in [0.2, 0.25) is 0 Å². The lowest BCUT2D eigenvalue weighted by Gasteiger charge is -2.31. The average Bonchev–Trinajstić information content (AvgIpc) is 2.55. The Hall–Kier alpha value is -1.75. The number of benzene rings is 1. The molecule has 2 rings (SSSR count). The van der Waals surface area contributed by atoms with Crippen LogP contribution in [-0.4, -0.2) is 42.3 Å². The summed E-state index contributed by atoms with van der Waals surface area (Å²) in [5.41, 5.74) is 0.739. The van der Waals surface area contributed by atoms with Crippen LogP contribution in [0.4, 0.5) is 10.5 Å². The number of urea groups is 1. The minimum Gasteiger partial charge on any atom is -0.494 e. The zero-order valence-corrected chi connectivity index (χ0v) is 14.1. The number of aliphatic hydroxyl groups excluding tert-OH is 1. The van der Waals surface area contributed by atoms with Crippen molar-refractivity contribution in [3.63, 3.8) is 0 Å². The van der Waals surface area contributed by atoms with Gasteiger partial charge in [0.25, 0.3) is 0 Å². The molecule has 1 aliphatic heterocycles. The second kappa shape index (κ2) is 8.77. The van der Waals surface area contributed by atoms with Crippen LogP contribution >= 0.6 is 0 Å².